The Kier molecular flexibility index (Phi) is 3.52. The Morgan fingerprint density at radius 1 is 1.29 bits per heavy atom. The third-order valence-electron chi connectivity index (χ3n) is 3.49. The Morgan fingerprint density at radius 3 is 2.95 bits per heavy atom. The minimum Gasteiger partial charge on any atom is -0.497 e. The summed E-state index contributed by atoms with van der Waals surface area (Å²) in [5, 5.41) is 2.88. The van der Waals surface area contributed by atoms with Crippen molar-refractivity contribution in [3.63, 3.8) is 0 Å². The molecule has 0 spiro atoms. The molecule has 1 atom stereocenters. The molecule has 1 aliphatic rings. The first-order valence-electron chi connectivity index (χ1n) is 6.90. The molecular formula is C17H17NO3. The second-order valence-corrected chi connectivity index (χ2v) is 5.14. The molecule has 3 rings (SSSR count). The van der Waals surface area contributed by atoms with Crippen molar-refractivity contribution in [2.24, 2.45) is 0 Å². The molecule has 0 unspecified atom stereocenters. The van der Waals surface area contributed by atoms with Crippen LogP contribution < -0.4 is 14.8 Å². The van der Waals surface area contributed by atoms with Gasteiger partial charge in [0.2, 0.25) is 0 Å². The Hall–Kier alpha value is -2.49. The molecule has 1 amide bonds. The molecule has 0 bridgehead atoms. The molecule has 108 valence electrons. The summed E-state index contributed by atoms with van der Waals surface area (Å²) in [7, 11) is 1.60. The number of hydrogen-bond acceptors (Lipinski definition) is 3. The molecular weight excluding hydrogens is 266 g/mol. The maximum Gasteiger partial charge on any atom is 0.255 e. The minimum absolute atomic E-state index is 0.134. The highest BCUT2D eigenvalue weighted by molar-refractivity contribution is 6.04. The van der Waals surface area contributed by atoms with Crippen molar-refractivity contribution in [1.82, 2.24) is 0 Å². The Labute approximate surface area is 123 Å². The SMILES string of the molecule is COc1cccc(NC(=O)c2ccc3c(c2)C[C@H](C)O3)c1. The zero-order valence-corrected chi connectivity index (χ0v) is 12.1. The van der Waals surface area contributed by atoms with Gasteiger partial charge >= 0.3 is 0 Å². The molecule has 0 fully saturated rings. The Bertz CT molecular complexity index is 681. The molecule has 0 radical (unpaired) electrons. The van der Waals surface area contributed by atoms with Gasteiger partial charge in [-0.3, -0.25) is 4.79 Å². The fourth-order valence-corrected chi connectivity index (χ4v) is 2.47. The largest absolute Gasteiger partial charge is 0.497 e. The van der Waals surface area contributed by atoms with Gasteiger partial charge in [0.25, 0.3) is 5.91 Å². The van der Waals surface area contributed by atoms with Crippen LogP contribution in [0.5, 0.6) is 11.5 Å². The van der Waals surface area contributed by atoms with E-state index in [4.69, 9.17) is 9.47 Å². The van der Waals surface area contributed by atoms with Crippen LogP contribution in [0.3, 0.4) is 0 Å². The third kappa shape index (κ3) is 2.84. The molecule has 1 N–H and O–H groups in total. The maximum absolute atomic E-state index is 12.3. The van der Waals surface area contributed by atoms with E-state index in [9.17, 15) is 4.79 Å². The molecule has 2 aromatic rings. The number of methoxy groups -OCH3 is 1. The summed E-state index contributed by atoms with van der Waals surface area (Å²) in [5.41, 5.74) is 2.43. The lowest BCUT2D eigenvalue weighted by Gasteiger charge is -2.08. The van der Waals surface area contributed by atoms with Gasteiger partial charge in [-0.05, 0) is 42.8 Å². The third-order valence-corrected chi connectivity index (χ3v) is 3.49. The molecule has 21 heavy (non-hydrogen) atoms. The quantitative estimate of drug-likeness (QED) is 0.940. The fraction of sp³-hybridized carbons (Fsp3) is 0.235. The number of anilines is 1. The molecule has 0 saturated heterocycles. The van der Waals surface area contributed by atoms with Crippen LogP contribution in [0.25, 0.3) is 0 Å². The molecule has 0 saturated carbocycles. The van der Waals surface area contributed by atoms with E-state index in [1.165, 1.54) is 0 Å². The fourth-order valence-electron chi connectivity index (χ4n) is 2.47. The van der Waals surface area contributed by atoms with Gasteiger partial charge in [0.05, 0.1) is 7.11 Å². The lowest BCUT2D eigenvalue weighted by atomic mass is 10.1. The summed E-state index contributed by atoms with van der Waals surface area (Å²) in [4.78, 5) is 12.3. The molecule has 4 nitrogen and oxygen atoms in total. The van der Waals surface area contributed by atoms with Crippen molar-refractivity contribution in [2.75, 3.05) is 12.4 Å². The van der Waals surface area contributed by atoms with E-state index in [0.717, 1.165) is 17.7 Å². The molecule has 2 aromatic carbocycles. The number of carbonyl (C=O) groups is 1. The molecule has 1 heterocycles. The van der Waals surface area contributed by atoms with E-state index in [1.54, 1.807) is 19.2 Å². The van der Waals surface area contributed by atoms with Crippen LogP contribution in [0.15, 0.2) is 42.5 Å². The summed E-state index contributed by atoms with van der Waals surface area (Å²) >= 11 is 0. The van der Waals surface area contributed by atoms with Crippen LogP contribution in [0.4, 0.5) is 5.69 Å². The predicted molar refractivity (Wildman–Crippen MR) is 81.2 cm³/mol. The molecule has 0 aliphatic carbocycles. The second-order valence-electron chi connectivity index (χ2n) is 5.14. The summed E-state index contributed by atoms with van der Waals surface area (Å²) in [6.07, 6.45) is 1.02. The van der Waals surface area contributed by atoms with Crippen LogP contribution in [0.2, 0.25) is 0 Å². The van der Waals surface area contributed by atoms with Crippen LogP contribution in [-0.2, 0) is 6.42 Å². The highest BCUT2D eigenvalue weighted by Crippen LogP contribution is 2.29. The topological polar surface area (TPSA) is 47.6 Å². The lowest BCUT2D eigenvalue weighted by molar-refractivity contribution is 0.102. The normalized spacial score (nSPS) is 16.0. The van der Waals surface area contributed by atoms with E-state index in [2.05, 4.69) is 5.32 Å². The lowest BCUT2D eigenvalue weighted by Crippen LogP contribution is -2.12. The van der Waals surface area contributed by atoms with E-state index in [0.29, 0.717) is 17.0 Å². The summed E-state index contributed by atoms with van der Waals surface area (Å²) < 4.78 is 10.8. The van der Waals surface area contributed by atoms with E-state index >= 15 is 0 Å². The number of rotatable bonds is 3. The van der Waals surface area contributed by atoms with Crippen molar-refractivity contribution < 1.29 is 14.3 Å². The number of hydrogen-bond donors (Lipinski definition) is 1. The first kappa shape index (κ1) is 13.5. The second kappa shape index (κ2) is 5.48. The van der Waals surface area contributed by atoms with Gasteiger partial charge in [-0.15, -0.1) is 0 Å². The number of nitrogens with one attached hydrogen (secondary N) is 1. The van der Waals surface area contributed by atoms with Gasteiger partial charge in [0.15, 0.2) is 0 Å². The number of carbonyl (C=O) groups excluding carboxylic acids is 1. The summed E-state index contributed by atoms with van der Waals surface area (Å²) in [6.45, 7) is 2.02. The monoisotopic (exact) mass is 283 g/mol. The van der Waals surface area contributed by atoms with Gasteiger partial charge < -0.3 is 14.8 Å². The van der Waals surface area contributed by atoms with E-state index in [-0.39, 0.29) is 12.0 Å². The highest BCUT2D eigenvalue weighted by Gasteiger charge is 2.20. The van der Waals surface area contributed by atoms with E-state index in [1.807, 2.05) is 37.3 Å². The van der Waals surface area contributed by atoms with Crippen LogP contribution in [0.1, 0.15) is 22.8 Å². The van der Waals surface area contributed by atoms with Crippen molar-refractivity contribution in [3.05, 3.63) is 53.6 Å². The zero-order valence-electron chi connectivity index (χ0n) is 12.1. The van der Waals surface area contributed by atoms with Gasteiger partial charge in [0.1, 0.15) is 17.6 Å². The maximum atomic E-state index is 12.3. The molecule has 4 heteroatoms. The van der Waals surface area contributed by atoms with Crippen LogP contribution >= 0.6 is 0 Å². The average molecular weight is 283 g/mol. The van der Waals surface area contributed by atoms with Crippen molar-refractivity contribution in [3.8, 4) is 11.5 Å². The van der Waals surface area contributed by atoms with Crippen LogP contribution in [0, 0.1) is 0 Å². The summed E-state index contributed by atoms with van der Waals surface area (Å²) in [6, 6.07) is 12.8. The van der Waals surface area contributed by atoms with Crippen molar-refractivity contribution in [2.45, 2.75) is 19.4 Å². The van der Waals surface area contributed by atoms with Gasteiger partial charge in [-0.2, -0.15) is 0 Å². The van der Waals surface area contributed by atoms with Crippen LogP contribution in [-0.4, -0.2) is 19.1 Å². The van der Waals surface area contributed by atoms with Gasteiger partial charge in [-0.25, -0.2) is 0 Å². The first-order chi connectivity index (χ1) is 10.2. The number of ether oxygens (including phenoxy) is 2. The number of benzene rings is 2. The standard InChI is InChI=1S/C17H17NO3/c1-11-8-13-9-12(6-7-16(13)21-11)17(19)18-14-4-3-5-15(10-14)20-2/h3-7,9-11H,8H2,1-2H3,(H,18,19)/t11-/m0/s1. The minimum atomic E-state index is -0.134. The molecule has 1 aliphatic heterocycles. The number of fused-ring (bicyclic) bond motifs is 1. The number of amides is 1. The Morgan fingerprint density at radius 2 is 2.14 bits per heavy atom. The molecule has 0 aromatic heterocycles. The average Bonchev–Trinajstić information content (AvgIpc) is 2.86. The highest BCUT2D eigenvalue weighted by atomic mass is 16.5. The predicted octanol–water partition coefficient (Wildman–Crippen LogP) is 3.27. The smallest absolute Gasteiger partial charge is 0.255 e. The zero-order chi connectivity index (χ0) is 14.8. The summed E-state index contributed by atoms with van der Waals surface area (Å²) in [5.74, 6) is 1.45. The van der Waals surface area contributed by atoms with Crippen molar-refractivity contribution in [1.29, 1.82) is 0 Å². The van der Waals surface area contributed by atoms with Crippen molar-refractivity contribution >= 4 is 11.6 Å². The van der Waals surface area contributed by atoms with Gasteiger partial charge in [-0.1, -0.05) is 6.07 Å². The first-order valence-corrected chi connectivity index (χ1v) is 6.90. The van der Waals surface area contributed by atoms with Gasteiger partial charge in [0, 0.05) is 23.7 Å². The Balaban J connectivity index is 1.78. The van der Waals surface area contributed by atoms with E-state index < -0.39 is 0 Å².